The van der Waals surface area contributed by atoms with E-state index in [4.69, 9.17) is 9.47 Å². The van der Waals surface area contributed by atoms with Crippen molar-refractivity contribution >= 4 is 5.78 Å². The number of fused-ring (bicyclic) bond motifs is 1. The minimum absolute atomic E-state index is 0.0293. The number of aromatic hydroxyl groups is 1. The third kappa shape index (κ3) is 3.09. The maximum absolute atomic E-state index is 13.0. The standard InChI is InChI=1S/C20H22O4/c1-12(2)10-17-19(22)16-11-14(21)6-9-18(16)24-20(17)13-4-7-15(23-3)8-5-13/h4-9,11-12,17,20-21H,10H2,1-3H3. The van der Waals surface area contributed by atoms with Crippen LogP contribution < -0.4 is 9.47 Å². The second-order valence-corrected chi connectivity index (χ2v) is 6.59. The molecular formula is C20H22O4. The number of ether oxygens (including phenoxy) is 2. The fourth-order valence-corrected chi connectivity index (χ4v) is 3.20. The Kier molecular flexibility index (Phi) is 4.47. The second kappa shape index (κ2) is 6.56. The Morgan fingerprint density at radius 2 is 1.88 bits per heavy atom. The van der Waals surface area contributed by atoms with Crippen LogP contribution in [-0.2, 0) is 0 Å². The molecule has 1 heterocycles. The smallest absolute Gasteiger partial charge is 0.173 e. The van der Waals surface area contributed by atoms with Crippen LogP contribution in [0.25, 0.3) is 0 Å². The third-order valence-electron chi connectivity index (χ3n) is 4.35. The molecule has 126 valence electrons. The lowest BCUT2D eigenvalue weighted by atomic mass is 9.80. The first-order valence-electron chi connectivity index (χ1n) is 8.17. The highest BCUT2D eigenvalue weighted by Gasteiger charge is 2.38. The van der Waals surface area contributed by atoms with E-state index in [0.717, 1.165) is 17.7 Å². The van der Waals surface area contributed by atoms with Crippen LogP contribution in [0.5, 0.6) is 17.2 Å². The van der Waals surface area contributed by atoms with Gasteiger partial charge < -0.3 is 14.6 Å². The molecular weight excluding hydrogens is 304 g/mol. The highest BCUT2D eigenvalue weighted by molar-refractivity contribution is 6.02. The van der Waals surface area contributed by atoms with Crippen molar-refractivity contribution < 1.29 is 19.4 Å². The molecule has 0 aromatic heterocycles. The summed E-state index contributed by atoms with van der Waals surface area (Å²) in [6.45, 7) is 4.19. The van der Waals surface area contributed by atoms with Crippen LogP contribution in [0.1, 0.15) is 42.3 Å². The van der Waals surface area contributed by atoms with Crippen molar-refractivity contribution in [3.63, 3.8) is 0 Å². The Hall–Kier alpha value is -2.49. The molecule has 0 fully saturated rings. The van der Waals surface area contributed by atoms with Crippen LogP contribution in [-0.4, -0.2) is 18.0 Å². The number of ketones is 1. The molecule has 4 heteroatoms. The number of Topliss-reactive ketones (excluding diaryl/α,β-unsaturated/α-hetero) is 1. The first-order valence-corrected chi connectivity index (χ1v) is 8.17. The summed E-state index contributed by atoms with van der Waals surface area (Å²) in [4.78, 5) is 13.0. The number of phenols is 1. The molecule has 2 atom stereocenters. The molecule has 0 amide bonds. The van der Waals surface area contributed by atoms with Crippen LogP contribution in [0.15, 0.2) is 42.5 Å². The Labute approximate surface area is 142 Å². The van der Waals surface area contributed by atoms with E-state index in [2.05, 4.69) is 13.8 Å². The SMILES string of the molecule is COc1ccc(C2Oc3ccc(O)cc3C(=O)C2CC(C)C)cc1. The van der Waals surface area contributed by atoms with Gasteiger partial charge in [0.05, 0.1) is 18.6 Å². The summed E-state index contributed by atoms with van der Waals surface area (Å²) >= 11 is 0. The van der Waals surface area contributed by atoms with Crippen LogP contribution in [0.3, 0.4) is 0 Å². The van der Waals surface area contributed by atoms with E-state index >= 15 is 0 Å². The molecule has 1 aliphatic rings. The minimum atomic E-state index is -0.331. The zero-order valence-electron chi connectivity index (χ0n) is 14.2. The van der Waals surface area contributed by atoms with Gasteiger partial charge in [0, 0.05) is 0 Å². The normalized spacial score (nSPS) is 19.8. The minimum Gasteiger partial charge on any atom is -0.508 e. The molecule has 4 nitrogen and oxygen atoms in total. The molecule has 2 aromatic rings. The lowest BCUT2D eigenvalue weighted by Crippen LogP contribution is -2.32. The van der Waals surface area contributed by atoms with Gasteiger partial charge >= 0.3 is 0 Å². The zero-order chi connectivity index (χ0) is 17.3. The highest BCUT2D eigenvalue weighted by atomic mass is 16.5. The van der Waals surface area contributed by atoms with Gasteiger partial charge in [0.2, 0.25) is 0 Å². The molecule has 2 unspecified atom stereocenters. The Bertz CT molecular complexity index is 734. The van der Waals surface area contributed by atoms with Gasteiger partial charge in [-0.25, -0.2) is 0 Å². The van der Waals surface area contributed by atoms with E-state index in [1.54, 1.807) is 19.2 Å². The zero-order valence-corrected chi connectivity index (χ0v) is 14.2. The van der Waals surface area contributed by atoms with E-state index in [-0.39, 0.29) is 23.6 Å². The van der Waals surface area contributed by atoms with Gasteiger partial charge in [-0.15, -0.1) is 0 Å². The predicted octanol–water partition coefficient (Wildman–Crippen LogP) is 4.38. The number of phenolic OH excluding ortho intramolecular Hbond substituents is 1. The van der Waals surface area contributed by atoms with Crippen LogP contribution in [0, 0.1) is 11.8 Å². The number of methoxy groups -OCH3 is 1. The average molecular weight is 326 g/mol. The largest absolute Gasteiger partial charge is 0.508 e. The van der Waals surface area contributed by atoms with Gasteiger partial charge in [0.15, 0.2) is 5.78 Å². The van der Waals surface area contributed by atoms with Crippen molar-refractivity contribution in [3.05, 3.63) is 53.6 Å². The van der Waals surface area contributed by atoms with E-state index in [1.165, 1.54) is 6.07 Å². The fraction of sp³-hybridized carbons (Fsp3) is 0.350. The van der Waals surface area contributed by atoms with Crippen molar-refractivity contribution in [3.8, 4) is 17.2 Å². The predicted molar refractivity (Wildman–Crippen MR) is 91.7 cm³/mol. The number of hydrogen-bond acceptors (Lipinski definition) is 4. The molecule has 0 aliphatic carbocycles. The quantitative estimate of drug-likeness (QED) is 0.906. The number of rotatable bonds is 4. The van der Waals surface area contributed by atoms with Crippen LogP contribution >= 0.6 is 0 Å². The molecule has 2 aromatic carbocycles. The highest BCUT2D eigenvalue weighted by Crippen LogP contribution is 2.42. The molecule has 0 spiro atoms. The Morgan fingerprint density at radius 1 is 1.17 bits per heavy atom. The molecule has 0 saturated heterocycles. The summed E-state index contributed by atoms with van der Waals surface area (Å²) in [6.07, 6.45) is 0.396. The summed E-state index contributed by atoms with van der Waals surface area (Å²) in [7, 11) is 1.62. The second-order valence-electron chi connectivity index (χ2n) is 6.59. The number of carbonyl (C=O) groups is 1. The van der Waals surface area contributed by atoms with Gasteiger partial charge in [0.1, 0.15) is 23.4 Å². The monoisotopic (exact) mass is 326 g/mol. The van der Waals surface area contributed by atoms with Gasteiger partial charge in [-0.05, 0) is 48.2 Å². The van der Waals surface area contributed by atoms with Gasteiger partial charge in [0.25, 0.3) is 0 Å². The van der Waals surface area contributed by atoms with E-state index in [0.29, 0.717) is 17.2 Å². The van der Waals surface area contributed by atoms with Crippen molar-refractivity contribution in [2.24, 2.45) is 11.8 Å². The van der Waals surface area contributed by atoms with Crippen LogP contribution in [0.2, 0.25) is 0 Å². The summed E-state index contributed by atoms with van der Waals surface area (Å²) in [5, 5.41) is 9.69. The number of carbonyl (C=O) groups excluding carboxylic acids is 1. The Morgan fingerprint density at radius 3 is 2.50 bits per heavy atom. The maximum atomic E-state index is 13.0. The van der Waals surface area contributed by atoms with E-state index in [1.807, 2.05) is 24.3 Å². The van der Waals surface area contributed by atoms with Crippen molar-refractivity contribution in [1.82, 2.24) is 0 Å². The summed E-state index contributed by atoms with van der Waals surface area (Å²) < 4.78 is 11.4. The van der Waals surface area contributed by atoms with E-state index in [9.17, 15) is 9.90 Å². The lowest BCUT2D eigenvalue weighted by molar-refractivity contribution is 0.0607. The third-order valence-corrected chi connectivity index (χ3v) is 4.35. The van der Waals surface area contributed by atoms with E-state index < -0.39 is 0 Å². The van der Waals surface area contributed by atoms with Crippen molar-refractivity contribution in [1.29, 1.82) is 0 Å². The van der Waals surface area contributed by atoms with Gasteiger partial charge in [-0.3, -0.25) is 4.79 Å². The summed E-state index contributed by atoms with van der Waals surface area (Å²) in [5.41, 5.74) is 1.42. The molecule has 3 rings (SSSR count). The molecule has 1 N–H and O–H groups in total. The first-order chi connectivity index (χ1) is 11.5. The molecule has 0 bridgehead atoms. The Balaban J connectivity index is 2.01. The molecule has 24 heavy (non-hydrogen) atoms. The van der Waals surface area contributed by atoms with Gasteiger partial charge in [-0.1, -0.05) is 26.0 Å². The van der Waals surface area contributed by atoms with Gasteiger partial charge in [-0.2, -0.15) is 0 Å². The average Bonchev–Trinajstić information content (AvgIpc) is 2.57. The first kappa shape index (κ1) is 16.4. The molecule has 0 saturated carbocycles. The topological polar surface area (TPSA) is 55.8 Å². The number of benzene rings is 2. The van der Waals surface area contributed by atoms with Crippen molar-refractivity contribution in [2.45, 2.75) is 26.4 Å². The van der Waals surface area contributed by atoms with Crippen molar-refractivity contribution in [2.75, 3.05) is 7.11 Å². The maximum Gasteiger partial charge on any atom is 0.173 e. The number of hydrogen-bond donors (Lipinski definition) is 1. The fourth-order valence-electron chi connectivity index (χ4n) is 3.20. The molecule has 0 radical (unpaired) electrons. The summed E-state index contributed by atoms with van der Waals surface area (Å²) in [6, 6.07) is 12.3. The lowest BCUT2D eigenvalue weighted by Gasteiger charge is -2.34. The van der Waals surface area contributed by atoms with Crippen LogP contribution in [0.4, 0.5) is 0 Å². The summed E-state index contributed by atoms with van der Waals surface area (Å²) in [5.74, 6) is 1.50. The molecule has 1 aliphatic heterocycles.